The maximum absolute atomic E-state index is 11.8. The predicted molar refractivity (Wildman–Crippen MR) is 101 cm³/mol. The Morgan fingerprint density at radius 3 is 2.36 bits per heavy atom. The molecule has 0 spiro atoms. The maximum atomic E-state index is 11.8. The minimum absolute atomic E-state index is 0.258. The molecule has 132 valence electrons. The second-order valence-electron chi connectivity index (χ2n) is 6.11. The smallest absolute Gasteiger partial charge is 0.338 e. The van der Waals surface area contributed by atoms with Gasteiger partial charge in [0.15, 0.2) is 0 Å². The second-order valence-corrected chi connectivity index (χ2v) is 6.11. The number of rotatable bonds is 9. The first-order valence-electron chi connectivity index (χ1n) is 8.65. The van der Waals surface area contributed by atoms with E-state index in [1.807, 2.05) is 30.3 Å². The summed E-state index contributed by atoms with van der Waals surface area (Å²) < 4.78 is 10.5. The topological polar surface area (TPSA) is 35.5 Å². The lowest BCUT2D eigenvalue weighted by Gasteiger charge is -2.16. The Morgan fingerprint density at radius 1 is 1.04 bits per heavy atom. The molecule has 3 heteroatoms. The first kappa shape index (κ1) is 18.8. The van der Waals surface area contributed by atoms with Gasteiger partial charge in [-0.1, -0.05) is 49.4 Å². The zero-order chi connectivity index (χ0) is 18.1. The van der Waals surface area contributed by atoms with E-state index in [1.54, 1.807) is 19.2 Å². The molecule has 3 nitrogen and oxygen atoms in total. The van der Waals surface area contributed by atoms with Crippen LogP contribution in [0.1, 0.15) is 48.0 Å². The first-order chi connectivity index (χ1) is 12.1. The summed E-state index contributed by atoms with van der Waals surface area (Å²) in [6.45, 7) is 6.82. The number of benzene rings is 2. The Kier molecular flexibility index (Phi) is 7.27. The first-order valence-corrected chi connectivity index (χ1v) is 8.65. The van der Waals surface area contributed by atoms with Gasteiger partial charge in [0, 0.05) is 5.92 Å². The van der Waals surface area contributed by atoms with Crippen LogP contribution in [-0.4, -0.2) is 19.7 Å². The van der Waals surface area contributed by atoms with E-state index in [-0.39, 0.29) is 5.97 Å². The van der Waals surface area contributed by atoms with Crippen LogP contribution in [0.15, 0.2) is 66.7 Å². The van der Waals surface area contributed by atoms with Gasteiger partial charge in [-0.15, -0.1) is 0 Å². The number of carbonyl (C=O) groups is 1. The predicted octanol–water partition coefficient (Wildman–Crippen LogP) is 5.38. The Bertz CT molecular complexity index is 674. The van der Waals surface area contributed by atoms with Crippen molar-refractivity contribution in [1.82, 2.24) is 0 Å². The molecule has 0 bridgehead atoms. The average molecular weight is 338 g/mol. The molecule has 0 radical (unpaired) electrons. The summed E-state index contributed by atoms with van der Waals surface area (Å²) in [6.07, 6.45) is 2.73. The largest absolute Gasteiger partial charge is 0.497 e. The van der Waals surface area contributed by atoms with Gasteiger partial charge in [0.2, 0.25) is 0 Å². The highest BCUT2D eigenvalue weighted by molar-refractivity contribution is 5.89. The molecule has 1 atom stereocenters. The third-order valence-electron chi connectivity index (χ3n) is 4.36. The van der Waals surface area contributed by atoms with Crippen LogP contribution in [0.3, 0.4) is 0 Å². The van der Waals surface area contributed by atoms with Crippen LogP contribution in [0, 0.1) is 0 Å². The number of carbonyl (C=O) groups excluding carboxylic acids is 1. The SMILES string of the molecule is C=C(CCCCOC(=O)c1ccccc1)C(C)c1ccc(OC)cc1. The fraction of sp³-hybridized carbons (Fsp3) is 0.318. The van der Waals surface area contributed by atoms with Gasteiger partial charge in [-0.25, -0.2) is 4.79 Å². The van der Waals surface area contributed by atoms with E-state index in [4.69, 9.17) is 9.47 Å². The third-order valence-corrected chi connectivity index (χ3v) is 4.36. The second kappa shape index (κ2) is 9.67. The molecule has 2 aromatic carbocycles. The summed E-state index contributed by atoms with van der Waals surface area (Å²) in [5, 5.41) is 0. The van der Waals surface area contributed by atoms with Crippen molar-refractivity contribution in [3.05, 3.63) is 77.9 Å². The molecular weight excluding hydrogens is 312 g/mol. The lowest BCUT2D eigenvalue weighted by Crippen LogP contribution is -2.06. The van der Waals surface area contributed by atoms with E-state index < -0.39 is 0 Å². The molecule has 0 saturated heterocycles. The number of methoxy groups -OCH3 is 1. The molecule has 0 aliphatic heterocycles. The van der Waals surface area contributed by atoms with E-state index in [1.165, 1.54) is 11.1 Å². The van der Waals surface area contributed by atoms with Gasteiger partial charge < -0.3 is 9.47 Å². The van der Waals surface area contributed by atoms with Gasteiger partial charge in [-0.2, -0.15) is 0 Å². The number of esters is 1. The standard InChI is InChI=1S/C22H26O3/c1-17(18(2)19-12-14-21(24-3)15-13-19)9-7-8-16-25-22(23)20-10-5-4-6-11-20/h4-6,10-15,18H,1,7-9,16H2,2-3H3. The van der Waals surface area contributed by atoms with Gasteiger partial charge in [0.1, 0.15) is 5.75 Å². The summed E-state index contributed by atoms with van der Waals surface area (Å²) in [6, 6.07) is 17.2. The van der Waals surface area contributed by atoms with Crippen molar-refractivity contribution in [3.63, 3.8) is 0 Å². The van der Waals surface area contributed by atoms with E-state index in [9.17, 15) is 4.79 Å². The van der Waals surface area contributed by atoms with Crippen molar-refractivity contribution in [1.29, 1.82) is 0 Å². The summed E-state index contributed by atoms with van der Waals surface area (Å²) >= 11 is 0. The molecule has 1 unspecified atom stereocenters. The average Bonchev–Trinajstić information content (AvgIpc) is 2.67. The van der Waals surface area contributed by atoms with E-state index in [0.29, 0.717) is 18.1 Å². The summed E-state index contributed by atoms with van der Waals surface area (Å²) in [4.78, 5) is 11.8. The van der Waals surface area contributed by atoms with Crippen LogP contribution >= 0.6 is 0 Å². The molecule has 0 fully saturated rings. The minimum atomic E-state index is -0.258. The molecule has 0 N–H and O–H groups in total. The van der Waals surface area contributed by atoms with Crippen LogP contribution in [0.4, 0.5) is 0 Å². The van der Waals surface area contributed by atoms with Crippen LogP contribution in [0.2, 0.25) is 0 Å². The lowest BCUT2D eigenvalue weighted by atomic mass is 9.91. The van der Waals surface area contributed by atoms with Gasteiger partial charge in [-0.3, -0.25) is 0 Å². The number of hydrogen-bond donors (Lipinski definition) is 0. The highest BCUT2D eigenvalue weighted by atomic mass is 16.5. The van der Waals surface area contributed by atoms with E-state index in [0.717, 1.165) is 25.0 Å². The van der Waals surface area contributed by atoms with Crippen molar-refractivity contribution >= 4 is 5.97 Å². The summed E-state index contributed by atoms with van der Waals surface area (Å²) in [5.41, 5.74) is 3.03. The molecule has 0 saturated carbocycles. The molecule has 2 aromatic rings. The normalized spacial score (nSPS) is 11.6. The zero-order valence-electron chi connectivity index (χ0n) is 15.0. The molecule has 0 aliphatic carbocycles. The van der Waals surface area contributed by atoms with Crippen molar-refractivity contribution in [2.45, 2.75) is 32.1 Å². The van der Waals surface area contributed by atoms with Crippen molar-refractivity contribution in [3.8, 4) is 5.75 Å². The molecular formula is C22H26O3. The lowest BCUT2D eigenvalue weighted by molar-refractivity contribution is 0.0498. The van der Waals surface area contributed by atoms with Crippen molar-refractivity contribution < 1.29 is 14.3 Å². The summed E-state index contributed by atoms with van der Waals surface area (Å²) in [5.74, 6) is 0.908. The molecule has 25 heavy (non-hydrogen) atoms. The van der Waals surface area contributed by atoms with Crippen LogP contribution in [0.5, 0.6) is 5.75 Å². The Balaban J connectivity index is 1.68. The zero-order valence-corrected chi connectivity index (χ0v) is 15.0. The fourth-order valence-electron chi connectivity index (χ4n) is 2.62. The van der Waals surface area contributed by atoms with Crippen LogP contribution in [-0.2, 0) is 4.74 Å². The highest BCUT2D eigenvalue weighted by Gasteiger charge is 2.10. The van der Waals surface area contributed by atoms with E-state index >= 15 is 0 Å². The quantitative estimate of drug-likeness (QED) is 0.350. The summed E-state index contributed by atoms with van der Waals surface area (Å²) in [7, 11) is 1.67. The number of hydrogen-bond acceptors (Lipinski definition) is 3. The van der Waals surface area contributed by atoms with Crippen molar-refractivity contribution in [2.24, 2.45) is 0 Å². The van der Waals surface area contributed by atoms with Gasteiger partial charge in [0.05, 0.1) is 19.3 Å². The molecule has 0 amide bonds. The Hall–Kier alpha value is -2.55. The van der Waals surface area contributed by atoms with E-state index in [2.05, 4.69) is 25.6 Å². The number of unbranched alkanes of at least 4 members (excludes halogenated alkanes) is 1. The monoisotopic (exact) mass is 338 g/mol. The fourth-order valence-corrected chi connectivity index (χ4v) is 2.62. The maximum Gasteiger partial charge on any atom is 0.338 e. The molecule has 2 rings (SSSR count). The third kappa shape index (κ3) is 5.79. The molecule has 0 aromatic heterocycles. The highest BCUT2D eigenvalue weighted by Crippen LogP contribution is 2.27. The van der Waals surface area contributed by atoms with Gasteiger partial charge >= 0.3 is 5.97 Å². The Labute approximate surface area is 150 Å². The van der Waals surface area contributed by atoms with Crippen LogP contribution < -0.4 is 4.74 Å². The molecule has 0 aliphatic rings. The van der Waals surface area contributed by atoms with Gasteiger partial charge in [0.25, 0.3) is 0 Å². The van der Waals surface area contributed by atoms with Crippen LogP contribution in [0.25, 0.3) is 0 Å². The number of allylic oxidation sites excluding steroid dienone is 1. The minimum Gasteiger partial charge on any atom is -0.497 e. The molecule has 0 heterocycles. The number of ether oxygens (including phenoxy) is 2. The van der Waals surface area contributed by atoms with Gasteiger partial charge in [-0.05, 0) is 49.1 Å². The van der Waals surface area contributed by atoms with Crippen molar-refractivity contribution in [2.75, 3.05) is 13.7 Å². The Morgan fingerprint density at radius 2 is 1.72 bits per heavy atom.